The number of halogens is 2. The maximum Gasteiger partial charge on any atom is 0.0734 e. The molecule has 0 fully saturated rings. The van der Waals surface area contributed by atoms with Gasteiger partial charge in [0.25, 0.3) is 0 Å². The number of aryl methyl sites for hydroxylation is 1. The molecule has 0 heterocycles. The fourth-order valence-corrected chi connectivity index (χ4v) is 3.20. The predicted octanol–water partition coefficient (Wildman–Crippen LogP) is 4.77. The molecule has 0 aromatic heterocycles. The summed E-state index contributed by atoms with van der Waals surface area (Å²) < 4.78 is 11.1. The van der Waals surface area contributed by atoms with Crippen LogP contribution in [-0.4, -0.2) is 43.2 Å². The van der Waals surface area contributed by atoms with E-state index in [1.807, 2.05) is 6.07 Å². The van der Waals surface area contributed by atoms with E-state index in [1.54, 1.807) is 0 Å². The van der Waals surface area contributed by atoms with Crippen molar-refractivity contribution in [3.8, 4) is 0 Å². The van der Waals surface area contributed by atoms with E-state index in [9.17, 15) is 0 Å². The second-order valence-corrected chi connectivity index (χ2v) is 7.50. The molecule has 0 bridgehead atoms. The maximum absolute atomic E-state index is 6.42. The van der Waals surface area contributed by atoms with E-state index >= 15 is 0 Å². The van der Waals surface area contributed by atoms with Gasteiger partial charge in [0.2, 0.25) is 0 Å². The summed E-state index contributed by atoms with van der Waals surface area (Å²) in [7, 11) is 0. The Kier molecular flexibility index (Phi) is 13.5. The zero-order valence-corrected chi connectivity index (χ0v) is 16.9. The molecule has 0 aliphatic heterocycles. The topological polar surface area (TPSA) is 44.5 Å². The lowest BCUT2D eigenvalue weighted by atomic mass is 10.0. The summed E-state index contributed by atoms with van der Waals surface area (Å²) in [6.07, 6.45) is 5.93. The molecule has 144 valence electrons. The van der Waals surface area contributed by atoms with Gasteiger partial charge in [0, 0.05) is 25.9 Å². The SMILES string of the molecule is CCCOCCCCOCC(Cl)C(N)C(Cl)CCCc1ccccc1. The first-order valence-electron chi connectivity index (χ1n) is 9.38. The maximum atomic E-state index is 6.42. The van der Waals surface area contributed by atoms with Gasteiger partial charge in [0.1, 0.15) is 0 Å². The molecular weight excluding hydrogens is 357 g/mol. The molecule has 3 unspecified atom stereocenters. The number of alkyl halides is 2. The summed E-state index contributed by atoms with van der Waals surface area (Å²) >= 11 is 12.8. The Balaban J connectivity index is 2.06. The van der Waals surface area contributed by atoms with Crippen LogP contribution in [0.1, 0.15) is 44.6 Å². The minimum atomic E-state index is -0.257. The molecule has 1 aromatic carbocycles. The Morgan fingerprint density at radius 3 is 2.28 bits per heavy atom. The van der Waals surface area contributed by atoms with Crippen LogP contribution in [0.15, 0.2) is 30.3 Å². The lowest BCUT2D eigenvalue weighted by Gasteiger charge is -2.23. The first-order chi connectivity index (χ1) is 12.1. The standard InChI is InChI=1S/C20H33Cl2NO2/c1-2-13-24-14-6-7-15-25-16-19(22)20(23)18(21)12-8-11-17-9-4-3-5-10-17/h3-5,9-10,18-20H,2,6-8,11-16,23H2,1H3. The molecule has 3 nitrogen and oxygen atoms in total. The summed E-state index contributed by atoms with van der Waals surface area (Å²) in [6.45, 7) is 4.87. The average molecular weight is 390 g/mol. The number of benzene rings is 1. The van der Waals surface area contributed by atoms with Crippen LogP contribution >= 0.6 is 23.2 Å². The molecular formula is C20H33Cl2NO2. The number of unbranched alkanes of at least 4 members (excludes halogenated alkanes) is 1. The normalized spacial score (nSPS) is 15.0. The second kappa shape index (κ2) is 14.8. The Morgan fingerprint density at radius 1 is 0.920 bits per heavy atom. The Bertz CT molecular complexity index is 419. The highest BCUT2D eigenvalue weighted by Gasteiger charge is 2.23. The van der Waals surface area contributed by atoms with Gasteiger partial charge in [0.15, 0.2) is 0 Å². The minimum absolute atomic E-state index is 0.128. The first kappa shape index (κ1) is 22.7. The third-order valence-corrected chi connectivity index (χ3v) is 5.00. The van der Waals surface area contributed by atoms with Gasteiger partial charge in [-0.05, 0) is 44.1 Å². The van der Waals surface area contributed by atoms with Crippen molar-refractivity contribution in [2.75, 3.05) is 26.4 Å². The second-order valence-electron chi connectivity index (χ2n) is 6.38. The Labute approximate surface area is 163 Å². The number of ether oxygens (including phenoxy) is 2. The lowest BCUT2D eigenvalue weighted by Crippen LogP contribution is -2.41. The third kappa shape index (κ3) is 11.1. The van der Waals surface area contributed by atoms with E-state index in [0.29, 0.717) is 13.2 Å². The molecule has 0 saturated heterocycles. The van der Waals surface area contributed by atoms with Crippen molar-refractivity contribution in [3.63, 3.8) is 0 Å². The van der Waals surface area contributed by atoms with Crippen LogP contribution in [0.5, 0.6) is 0 Å². The smallest absolute Gasteiger partial charge is 0.0734 e. The summed E-state index contributed by atoms with van der Waals surface area (Å²) in [6, 6.07) is 10.2. The van der Waals surface area contributed by atoms with Gasteiger partial charge >= 0.3 is 0 Å². The minimum Gasteiger partial charge on any atom is -0.381 e. The number of nitrogens with two attached hydrogens (primary N) is 1. The van der Waals surface area contributed by atoms with Crippen LogP contribution < -0.4 is 5.73 Å². The molecule has 0 aliphatic rings. The van der Waals surface area contributed by atoms with Crippen molar-refractivity contribution in [2.45, 2.75) is 62.2 Å². The van der Waals surface area contributed by atoms with E-state index in [4.69, 9.17) is 38.4 Å². The molecule has 1 rings (SSSR count). The average Bonchev–Trinajstić information content (AvgIpc) is 2.63. The zero-order chi connectivity index (χ0) is 18.3. The van der Waals surface area contributed by atoms with E-state index in [1.165, 1.54) is 5.56 Å². The van der Waals surface area contributed by atoms with Crippen LogP contribution in [-0.2, 0) is 15.9 Å². The van der Waals surface area contributed by atoms with Crippen molar-refractivity contribution < 1.29 is 9.47 Å². The predicted molar refractivity (Wildman–Crippen MR) is 108 cm³/mol. The molecule has 3 atom stereocenters. The highest BCUT2D eigenvalue weighted by Crippen LogP contribution is 2.17. The Morgan fingerprint density at radius 2 is 1.60 bits per heavy atom. The quantitative estimate of drug-likeness (QED) is 0.346. The molecule has 0 radical (unpaired) electrons. The molecule has 25 heavy (non-hydrogen) atoms. The van der Waals surface area contributed by atoms with Crippen molar-refractivity contribution >= 4 is 23.2 Å². The van der Waals surface area contributed by atoms with Crippen molar-refractivity contribution in [1.29, 1.82) is 0 Å². The molecule has 2 N–H and O–H groups in total. The van der Waals surface area contributed by atoms with Crippen LogP contribution in [0.2, 0.25) is 0 Å². The van der Waals surface area contributed by atoms with Gasteiger partial charge in [0.05, 0.1) is 17.4 Å². The molecule has 0 amide bonds. The highest BCUT2D eigenvalue weighted by atomic mass is 35.5. The summed E-state index contributed by atoms with van der Waals surface area (Å²) in [5, 5.41) is -0.382. The van der Waals surface area contributed by atoms with Crippen LogP contribution in [0.3, 0.4) is 0 Å². The summed E-state index contributed by atoms with van der Waals surface area (Å²) in [5.41, 5.74) is 7.50. The highest BCUT2D eigenvalue weighted by molar-refractivity contribution is 6.24. The third-order valence-electron chi connectivity index (χ3n) is 4.08. The fourth-order valence-electron chi connectivity index (χ4n) is 2.53. The van der Waals surface area contributed by atoms with E-state index < -0.39 is 0 Å². The van der Waals surface area contributed by atoms with Crippen LogP contribution in [0.4, 0.5) is 0 Å². The van der Waals surface area contributed by atoms with Crippen molar-refractivity contribution in [1.82, 2.24) is 0 Å². The molecule has 0 spiro atoms. The van der Waals surface area contributed by atoms with Gasteiger partial charge in [-0.25, -0.2) is 0 Å². The van der Waals surface area contributed by atoms with Gasteiger partial charge in [-0.3, -0.25) is 0 Å². The van der Waals surface area contributed by atoms with E-state index in [2.05, 4.69) is 31.2 Å². The summed E-state index contributed by atoms with van der Waals surface area (Å²) in [4.78, 5) is 0. The monoisotopic (exact) mass is 389 g/mol. The Hall–Kier alpha value is -0.320. The number of hydrogen-bond donors (Lipinski definition) is 1. The lowest BCUT2D eigenvalue weighted by molar-refractivity contribution is 0.101. The largest absolute Gasteiger partial charge is 0.381 e. The zero-order valence-electron chi connectivity index (χ0n) is 15.3. The molecule has 0 saturated carbocycles. The fraction of sp³-hybridized carbons (Fsp3) is 0.700. The van der Waals surface area contributed by atoms with Crippen LogP contribution in [0, 0.1) is 0 Å². The molecule has 0 aliphatic carbocycles. The molecule has 5 heteroatoms. The van der Waals surface area contributed by atoms with Gasteiger partial charge < -0.3 is 15.2 Å². The first-order valence-corrected chi connectivity index (χ1v) is 10.3. The van der Waals surface area contributed by atoms with Crippen molar-refractivity contribution in [3.05, 3.63) is 35.9 Å². The van der Waals surface area contributed by atoms with Gasteiger partial charge in [-0.15, -0.1) is 23.2 Å². The van der Waals surface area contributed by atoms with Crippen molar-refractivity contribution in [2.24, 2.45) is 5.73 Å². The summed E-state index contributed by atoms with van der Waals surface area (Å²) in [5.74, 6) is 0. The van der Waals surface area contributed by atoms with E-state index in [0.717, 1.165) is 51.7 Å². The van der Waals surface area contributed by atoms with Gasteiger partial charge in [-0.1, -0.05) is 37.3 Å². The number of rotatable bonds is 15. The molecule has 1 aromatic rings. The number of hydrogen-bond acceptors (Lipinski definition) is 3. The van der Waals surface area contributed by atoms with E-state index in [-0.39, 0.29) is 16.8 Å². The van der Waals surface area contributed by atoms with Crippen LogP contribution in [0.25, 0.3) is 0 Å². The van der Waals surface area contributed by atoms with Gasteiger partial charge in [-0.2, -0.15) is 0 Å².